The Kier molecular flexibility index (Phi) is 5.08. The lowest BCUT2D eigenvalue weighted by atomic mass is 10.3. The third kappa shape index (κ3) is 4.14. The molecule has 96 valence electrons. The fourth-order valence-electron chi connectivity index (χ4n) is 1.36. The van der Waals surface area contributed by atoms with E-state index in [1.165, 1.54) is 23.6 Å². The van der Waals surface area contributed by atoms with Crippen molar-refractivity contribution in [2.24, 2.45) is 0 Å². The van der Waals surface area contributed by atoms with Gasteiger partial charge in [-0.25, -0.2) is 9.59 Å². The van der Waals surface area contributed by atoms with Gasteiger partial charge in [0.2, 0.25) is 5.91 Å². The number of amides is 3. The van der Waals surface area contributed by atoms with Crippen LogP contribution in [0, 0.1) is 0 Å². The Balaban J connectivity index is 2.32. The highest BCUT2D eigenvalue weighted by Crippen LogP contribution is 2.20. The average Bonchev–Trinajstić information content (AvgIpc) is 2.72. The zero-order valence-corrected chi connectivity index (χ0v) is 10.2. The van der Waals surface area contributed by atoms with Crippen LogP contribution in [-0.4, -0.2) is 58.7 Å². The lowest BCUT2D eigenvalue weighted by Gasteiger charge is -2.20. The smallest absolute Gasteiger partial charge is 0.327 e. The van der Waals surface area contributed by atoms with Gasteiger partial charge in [0, 0.05) is 25.8 Å². The van der Waals surface area contributed by atoms with Crippen molar-refractivity contribution >= 4 is 29.7 Å². The van der Waals surface area contributed by atoms with Crippen LogP contribution in [0.15, 0.2) is 0 Å². The Bertz CT molecular complexity index is 323. The van der Waals surface area contributed by atoms with Gasteiger partial charge in [0.05, 0.1) is 5.88 Å². The molecule has 3 amide bonds. The monoisotopic (exact) mass is 261 g/mol. The van der Waals surface area contributed by atoms with Gasteiger partial charge in [-0.05, 0) is 0 Å². The fourth-order valence-corrected chi connectivity index (χ4v) is 2.50. The van der Waals surface area contributed by atoms with Crippen molar-refractivity contribution in [3.63, 3.8) is 0 Å². The van der Waals surface area contributed by atoms with Crippen molar-refractivity contribution in [3.05, 3.63) is 0 Å². The van der Waals surface area contributed by atoms with E-state index in [0.29, 0.717) is 18.2 Å². The van der Waals surface area contributed by atoms with Crippen molar-refractivity contribution in [2.45, 2.75) is 13.0 Å². The Hall–Kier alpha value is -1.44. The highest BCUT2D eigenvalue weighted by atomic mass is 32.2. The molecule has 0 aromatic rings. The van der Waals surface area contributed by atoms with E-state index in [9.17, 15) is 14.4 Å². The first-order chi connectivity index (χ1) is 8.02. The van der Waals surface area contributed by atoms with Gasteiger partial charge in [-0.1, -0.05) is 0 Å². The van der Waals surface area contributed by atoms with Crippen LogP contribution >= 0.6 is 11.8 Å². The first kappa shape index (κ1) is 13.6. The van der Waals surface area contributed by atoms with Gasteiger partial charge < -0.3 is 20.6 Å². The zero-order valence-electron chi connectivity index (χ0n) is 9.43. The number of carbonyl (C=O) groups excluding carboxylic acids is 2. The van der Waals surface area contributed by atoms with Crippen molar-refractivity contribution in [3.8, 4) is 0 Å². The third-order valence-corrected chi connectivity index (χ3v) is 3.22. The SMILES string of the molecule is CC(=O)NCCNC(=O)N1CSC[C@H]1C(=O)O. The van der Waals surface area contributed by atoms with Gasteiger partial charge in [-0.2, -0.15) is 0 Å². The van der Waals surface area contributed by atoms with Gasteiger partial charge in [-0.15, -0.1) is 11.8 Å². The molecule has 17 heavy (non-hydrogen) atoms. The summed E-state index contributed by atoms with van der Waals surface area (Å²) in [4.78, 5) is 34.3. The number of urea groups is 1. The summed E-state index contributed by atoms with van der Waals surface area (Å²) in [7, 11) is 0. The van der Waals surface area contributed by atoms with Crippen LogP contribution in [0.1, 0.15) is 6.92 Å². The lowest BCUT2D eigenvalue weighted by Crippen LogP contribution is -2.48. The number of hydrogen-bond acceptors (Lipinski definition) is 4. The second kappa shape index (κ2) is 6.33. The van der Waals surface area contributed by atoms with Gasteiger partial charge in [0.25, 0.3) is 0 Å². The molecule has 7 nitrogen and oxygen atoms in total. The van der Waals surface area contributed by atoms with E-state index < -0.39 is 18.0 Å². The number of nitrogens with zero attached hydrogens (tertiary/aromatic N) is 1. The van der Waals surface area contributed by atoms with Crippen LogP contribution in [0.2, 0.25) is 0 Å². The topological polar surface area (TPSA) is 98.7 Å². The second-order valence-electron chi connectivity index (χ2n) is 3.54. The molecule has 0 aromatic carbocycles. The summed E-state index contributed by atoms with van der Waals surface area (Å²) in [6.07, 6.45) is 0. The van der Waals surface area contributed by atoms with E-state index in [0.717, 1.165) is 0 Å². The summed E-state index contributed by atoms with van der Waals surface area (Å²) in [5.74, 6) is -0.372. The Labute approximate surface area is 103 Å². The van der Waals surface area contributed by atoms with Crippen LogP contribution in [0.5, 0.6) is 0 Å². The molecule has 0 aromatic heterocycles. The van der Waals surface area contributed by atoms with Gasteiger partial charge in [0.1, 0.15) is 6.04 Å². The minimum Gasteiger partial charge on any atom is -0.480 e. The minimum atomic E-state index is -0.994. The number of rotatable bonds is 4. The van der Waals surface area contributed by atoms with Crippen LogP contribution in [0.4, 0.5) is 4.79 Å². The molecule has 0 saturated carbocycles. The van der Waals surface area contributed by atoms with E-state index in [2.05, 4.69) is 10.6 Å². The van der Waals surface area contributed by atoms with Crippen LogP contribution in [0.3, 0.4) is 0 Å². The quantitative estimate of drug-likeness (QED) is 0.581. The van der Waals surface area contributed by atoms with E-state index in [4.69, 9.17) is 5.11 Å². The number of nitrogens with one attached hydrogen (secondary N) is 2. The zero-order chi connectivity index (χ0) is 12.8. The average molecular weight is 261 g/mol. The molecule has 1 fully saturated rings. The Morgan fingerprint density at radius 1 is 1.35 bits per heavy atom. The Morgan fingerprint density at radius 3 is 2.59 bits per heavy atom. The molecular formula is C9H15N3O4S. The molecule has 1 heterocycles. The molecule has 0 aliphatic carbocycles. The predicted molar refractivity (Wildman–Crippen MR) is 62.7 cm³/mol. The summed E-state index contributed by atoms with van der Waals surface area (Å²) < 4.78 is 0. The third-order valence-electron chi connectivity index (χ3n) is 2.20. The summed E-state index contributed by atoms with van der Waals surface area (Å²) in [5, 5.41) is 14.0. The second-order valence-corrected chi connectivity index (χ2v) is 4.54. The van der Waals surface area contributed by atoms with Crippen molar-refractivity contribution < 1.29 is 19.5 Å². The largest absolute Gasteiger partial charge is 0.480 e. The van der Waals surface area contributed by atoms with E-state index in [-0.39, 0.29) is 12.5 Å². The number of carboxylic acid groups (broad SMARTS) is 1. The van der Waals surface area contributed by atoms with Crippen molar-refractivity contribution in [1.29, 1.82) is 0 Å². The highest BCUT2D eigenvalue weighted by molar-refractivity contribution is 7.99. The standard InChI is InChI=1S/C9H15N3O4S/c1-6(13)10-2-3-11-9(16)12-5-17-4-7(12)8(14)15/h7H,2-5H2,1H3,(H,10,13)(H,11,16)(H,14,15)/t7-/m0/s1. The normalized spacial score (nSPS) is 18.9. The predicted octanol–water partition coefficient (Wildman–Crippen LogP) is -0.708. The molecule has 0 radical (unpaired) electrons. The summed E-state index contributed by atoms with van der Waals surface area (Å²) in [6.45, 7) is 2.01. The molecule has 1 rings (SSSR count). The maximum Gasteiger partial charge on any atom is 0.327 e. The summed E-state index contributed by atoms with van der Waals surface area (Å²) in [6, 6.07) is -1.17. The number of thioether (sulfide) groups is 1. The van der Waals surface area contributed by atoms with Gasteiger partial charge in [0.15, 0.2) is 0 Å². The number of hydrogen-bond donors (Lipinski definition) is 3. The van der Waals surface area contributed by atoms with Crippen molar-refractivity contribution in [1.82, 2.24) is 15.5 Å². The summed E-state index contributed by atoms with van der Waals surface area (Å²) in [5.41, 5.74) is 0. The first-order valence-electron chi connectivity index (χ1n) is 5.12. The molecule has 0 bridgehead atoms. The molecule has 8 heteroatoms. The maximum absolute atomic E-state index is 11.6. The molecule has 1 saturated heterocycles. The Morgan fingerprint density at radius 2 is 2.00 bits per heavy atom. The maximum atomic E-state index is 11.6. The minimum absolute atomic E-state index is 0.167. The van der Waals surface area contributed by atoms with E-state index in [1.54, 1.807) is 0 Å². The fraction of sp³-hybridized carbons (Fsp3) is 0.667. The highest BCUT2D eigenvalue weighted by Gasteiger charge is 2.34. The first-order valence-corrected chi connectivity index (χ1v) is 6.27. The van der Waals surface area contributed by atoms with Gasteiger partial charge >= 0.3 is 12.0 Å². The van der Waals surface area contributed by atoms with Crippen LogP contribution in [-0.2, 0) is 9.59 Å². The molecule has 0 spiro atoms. The number of carboxylic acids is 1. The van der Waals surface area contributed by atoms with E-state index >= 15 is 0 Å². The van der Waals surface area contributed by atoms with Gasteiger partial charge in [-0.3, -0.25) is 4.79 Å². The lowest BCUT2D eigenvalue weighted by molar-refractivity contribution is -0.140. The molecule has 1 aliphatic heterocycles. The van der Waals surface area contributed by atoms with Crippen LogP contribution in [0.25, 0.3) is 0 Å². The molecule has 0 unspecified atom stereocenters. The number of aliphatic carboxylic acids is 1. The van der Waals surface area contributed by atoms with E-state index in [1.807, 2.05) is 0 Å². The number of carbonyl (C=O) groups is 3. The summed E-state index contributed by atoms with van der Waals surface area (Å²) >= 11 is 1.41. The molecular weight excluding hydrogens is 246 g/mol. The van der Waals surface area contributed by atoms with Crippen LogP contribution < -0.4 is 10.6 Å². The molecule has 1 aliphatic rings. The van der Waals surface area contributed by atoms with Crippen molar-refractivity contribution in [2.75, 3.05) is 24.7 Å². The molecule has 1 atom stereocenters. The molecule has 3 N–H and O–H groups in total.